The molecule has 6 nitrogen and oxygen atoms in total. The summed E-state index contributed by atoms with van der Waals surface area (Å²) in [5, 5.41) is 8.45. The van der Waals surface area contributed by atoms with Gasteiger partial charge in [0.25, 0.3) is 5.91 Å². The maximum absolute atomic E-state index is 13.1. The lowest BCUT2D eigenvalue weighted by Crippen LogP contribution is -2.39. The number of pyridine rings is 1. The van der Waals surface area contributed by atoms with E-state index in [0.717, 1.165) is 32.7 Å². The van der Waals surface area contributed by atoms with Crippen LogP contribution in [-0.4, -0.2) is 42.7 Å². The molecule has 0 fully saturated rings. The number of amides is 1. The number of rotatable bonds is 7. The summed E-state index contributed by atoms with van der Waals surface area (Å²) < 4.78 is 5.38. The van der Waals surface area contributed by atoms with Gasteiger partial charge in [-0.2, -0.15) is 0 Å². The fourth-order valence-corrected chi connectivity index (χ4v) is 4.78. The average molecular weight is 409 g/mol. The monoisotopic (exact) mass is 408 g/mol. The molecule has 0 bridgehead atoms. The van der Waals surface area contributed by atoms with Gasteiger partial charge in [-0.25, -0.2) is 4.98 Å². The van der Waals surface area contributed by atoms with Crippen LogP contribution in [0.3, 0.4) is 0 Å². The van der Waals surface area contributed by atoms with Crippen molar-refractivity contribution in [2.24, 2.45) is 0 Å². The fraction of sp³-hybridized carbons (Fsp3) is 0.273. The highest BCUT2D eigenvalue weighted by Gasteiger charge is 2.22. The van der Waals surface area contributed by atoms with Gasteiger partial charge in [-0.05, 0) is 37.1 Å². The Morgan fingerprint density at radius 3 is 2.86 bits per heavy atom. The number of benzene rings is 1. The lowest BCUT2D eigenvalue weighted by atomic mass is 10.1. The molecule has 3 heterocycles. The van der Waals surface area contributed by atoms with Crippen molar-refractivity contribution in [2.75, 3.05) is 26.1 Å². The van der Waals surface area contributed by atoms with Crippen LogP contribution in [0.15, 0.2) is 42.6 Å². The third kappa shape index (κ3) is 3.83. The molecule has 0 saturated heterocycles. The normalized spacial score (nSPS) is 12.4. The molecule has 4 aromatic rings. The Morgan fingerprint density at radius 1 is 1.24 bits per heavy atom. The van der Waals surface area contributed by atoms with E-state index < -0.39 is 0 Å². The molecule has 29 heavy (non-hydrogen) atoms. The number of carbonyl (C=O) groups excluding carboxylic acids is 1. The molecule has 0 aliphatic heterocycles. The first-order valence-electron chi connectivity index (χ1n) is 9.53. The van der Waals surface area contributed by atoms with Gasteiger partial charge in [-0.3, -0.25) is 4.79 Å². The van der Waals surface area contributed by atoms with Crippen LogP contribution in [-0.2, 0) is 11.2 Å². The lowest BCUT2D eigenvalue weighted by Gasteiger charge is -2.18. The third-order valence-electron chi connectivity index (χ3n) is 5.00. The second kappa shape index (κ2) is 8.23. The number of nitrogens with zero attached hydrogens (tertiary/aromatic N) is 1. The molecule has 1 atom stereocenters. The number of hydrogen-bond acceptors (Lipinski definition) is 5. The number of aromatic amines is 1. The van der Waals surface area contributed by atoms with Crippen molar-refractivity contribution in [3.05, 3.63) is 58.7 Å². The lowest BCUT2D eigenvalue weighted by molar-refractivity contribution is 0.0902. The van der Waals surface area contributed by atoms with Crippen LogP contribution in [0.1, 0.15) is 20.9 Å². The van der Waals surface area contributed by atoms with E-state index in [1.807, 2.05) is 50.5 Å². The first kappa shape index (κ1) is 19.4. The minimum absolute atomic E-state index is 0.114. The quantitative estimate of drug-likeness (QED) is 0.430. The van der Waals surface area contributed by atoms with E-state index in [9.17, 15) is 4.79 Å². The number of methoxy groups -OCH3 is 1. The molecule has 0 aliphatic rings. The van der Waals surface area contributed by atoms with Crippen LogP contribution in [0.5, 0.6) is 0 Å². The van der Waals surface area contributed by atoms with E-state index >= 15 is 0 Å². The summed E-state index contributed by atoms with van der Waals surface area (Å²) in [4.78, 5) is 22.5. The van der Waals surface area contributed by atoms with Crippen LogP contribution >= 0.6 is 11.3 Å². The van der Waals surface area contributed by atoms with Gasteiger partial charge >= 0.3 is 0 Å². The van der Waals surface area contributed by atoms with Gasteiger partial charge in [0.15, 0.2) is 0 Å². The Morgan fingerprint density at radius 2 is 2.07 bits per heavy atom. The summed E-state index contributed by atoms with van der Waals surface area (Å²) in [7, 11) is 3.48. The molecule has 0 unspecified atom stereocenters. The molecule has 3 N–H and O–H groups in total. The molecule has 0 radical (unpaired) electrons. The molecular weight excluding hydrogens is 384 g/mol. The van der Waals surface area contributed by atoms with Crippen molar-refractivity contribution < 1.29 is 9.53 Å². The number of thiophene rings is 1. The predicted octanol–water partition coefficient (Wildman–Crippen LogP) is 4.12. The number of para-hydroxylation sites is 1. The van der Waals surface area contributed by atoms with Gasteiger partial charge in [-0.15, -0.1) is 11.3 Å². The highest BCUT2D eigenvalue weighted by atomic mass is 32.1. The summed E-state index contributed by atoms with van der Waals surface area (Å²) in [6.07, 6.45) is 2.69. The Hall–Kier alpha value is -2.90. The third-order valence-corrected chi connectivity index (χ3v) is 6.09. The topological polar surface area (TPSA) is 79.0 Å². The summed E-state index contributed by atoms with van der Waals surface area (Å²) in [6.45, 7) is 2.39. The van der Waals surface area contributed by atoms with Crippen LogP contribution < -0.4 is 10.6 Å². The highest BCUT2D eigenvalue weighted by Crippen LogP contribution is 2.34. The van der Waals surface area contributed by atoms with Crippen LogP contribution in [0.2, 0.25) is 0 Å². The van der Waals surface area contributed by atoms with E-state index in [1.54, 1.807) is 7.11 Å². The number of nitrogens with one attached hydrogen (secondary N) is 3. The first-order chi connectivity index (χ1) is 14.1. The highest BCUT2D eigenvalue weighted by molar-refractivity contribution is 7.21. The zero-order chi connectivity index (χ0) is 20.4. The number of ether oxygens (including phenoxy) is 1. The Labute approximate surface area is 173 Å². The molecular formula is C22H24N4O2S. The van der Waals surface area contributed by atoms with Gasteiger partial charge in [0.1, 0.15) is 9.71 Å². The largest absolute Gasteiger partial charge is 0.386 e. The number of aromatic nitrogens is 2. The van der Waals surface area contributed by atoms with Crippen LogP contribution in [0, 0.1) is 6.92 Å². The predicted molar refractivity (Wildman–Crippen MR) is 119 cm³/mol. The molecule has 4 rings (SSSR count). The Balaban J connectivity index is 1.60. The molecule has 0 saturated carbocycles. The van der Waals surface area contributed by atoms with Crippen molar-refractivity contribution in [3.8, 4) is 0 Å². The smallest absolute Gasteiger partial charge is 0.263 e. The van der Waals surface area contributed by atoms with Crippen molar-refractivity contribution in [3.63, 3.8) is 0 Å². The minimum atomic E-state index is -0.142. The Bertz CT molecular complexity index is 1160. The number of hydrogen-bond donors (Lipinski definition) is 3. The number of aryl methyl sites for hydroxylation is 1. The average Bonchev–Trinajstić information content (AvgIpc) is 3.29. The molecule has 3 aromatic heterocycles. The zero-order valence-corrected chi connectivity index (χ0v) is 17.5. The minimum Gasteiger partial charge on any atom is -0.386 e. The fourth-order valence-electron chi connectivity index (χ4n) is 3.65. The number of fused-ring (bicyclic) bond motifs is 2. The van der Waals surface area contributed by atoms with E-state index in [0.29, 0.717) is 17.9 Å². The van der Waals surface area contributed by atoms with Crippen molar-refractivity contribution in [1.82, 2.24) is 15.3 Å². The van der Waals surface area contributed by atoms with E-state index in [4.69, 9.17) is 4.74 Å². The summed E-state index contributed by atoms with van der Waals surface area (Å²) in [5.74, 6) is -0.114. The molecule has 7 heteroatoms. The standard InChI is InChI=1S/C22H24N4O2S/c1-13-8-9-17-19(23-2)20(29-22(17)25-13)21(27)26-15(12-28-3)10-14-11-24-18-7-5-4-6-16(14)18/h4-9,11,15,23-24H,10,12H2,1-3H3,(H,26,27)/t15-/m0/s1. The van der Waals surface area contributed by atoms with Gasteiger partial charge in [0, 0.05) is 42.3 Å². The van der Waals surface area contributed by atoms with E-state index in [2.05, 4.69) is 26.7 Å². The molecule has 1 aromatic carbocycles. The molecule has 150 valence electrons. The van der Waals surface area contributed by atoms with Gasteiger partial charge in [-0.1, -0.05) is 18.2 Å². The second-order valence-electron chi connectivity index (χ2n) is 7.05. The second-order valence-corrected chi connectivity index (χ2v) is 8.05. The van der Waals surface area contributed by atoms with Crippen molar-refractivity contribution in [1.29, 1.82) is 0 Å². The van der Waals surface area contributed by atoms with E-state index in [-0.39, 0.29) is 11.9 Å². The SMILES string of the molecule is CNc1c(C(=O)N[C@H](COC)Cc2c[nH]c3ccccc23)sc2nc(C)ccc12. The van der Waals surface area contributed by atoms with Crippen molar-refractivity contribution >= 4 is 44.1 Å². The first-order valence-corrected chi connectivity index (χ1v) is 10.3. The summed E-state index contributed by atoms with van der Waals surface area (Å²) >= 11 is 1.41. The number of anilines is 1. The number of H-pyrrole nitrogens is 1. The van der Waals surface area contributed by atoms with Crippen LogP contribution in [0.4, 0.5) is 5.69 Å². The molecule has 1 amide bonds. The molecule has 0 spiro atoms. The van der Waals surface area contributed by atoms with Gasteiger partial charge < -0.3 is 20.4 Å². The van der Waals surface area contributed by atoms with E-state index in [1.165, 1.54) is 16.7 Å². The van der Waals surface area contributed by atoms with Gasteiger partial charge in [0.05, 0.1) is 18.3 Å². The Kier molecular flexibility index (Phi) is 5.51. The van der Waals surface area contributed by atoms with Crippen molar-refractivity contribution in [2.45, 2.75) is 19.4 Å². The molecule has 0 aliphatic carbocycles. The maximum Gasteiger partial charge on any atom is 0.263 e. The van der Waals surface area contributed by atoms with Gasteiger partial charge in [0.2, 0.25) is 0 Å². The number of carbonyl (C=O) groups is 1. The summed E-state index contributed by atoms with van der Waals surface area (Å²) in [5.41, 5.74) is 4.00. The maximum atomic E-state index is 13.1. The van der Waals surface area contributed by atoms with Crippen LogP contribution in [0.25, 0.3) is 21.1 Å². The summed E-state index contributed by atoms with van der Waals surface area (Å²) in [6, 6.07) is 12.0. The zero-order valence-electron chi connectivity index (χ0n) is 16.7.